The SMILES string of the molecule is c1nc(N2CCCC2)ncc1CNCC1CCCO1. The Hall–Kier alpha value is -1.20. The zero-order chi connectivity index (χ0) is 12.9. The summed E-state index contributed by atoms with van der Waals surface area (Å²) >= 11 is 0. The van der Waals surface area contributed by atoms with Crippen molar-refractivity contribution in [1.82, 2.24) is 15.3 Å². The number of rotatable bonds is 5. The van der Waals surface area contributed by atoms with Crippen molar-refractivity contribution < 1.29 is 4.74 Å². The fourth-order valence-electron chi connectivity index (χ4n) is 2.70. The molecule has 5 heteroatoms. The first-order chi connectivity index (χ1) is 9.42. The van der Waals surface area contributed by atoms with Crippen LogP contribution in [0.2, 0.25) is 0 Å². The van der Waals surface area contributed by atoms with Crippen LogP contribution in [0.4, 0.5) is 5.95 Å². The van der Waals surface area contributed by atoms with E-state index in [1.54, 1.807) is 0 Å². The molecule has 0 saturated carbocycles. The molecule has 0 aliphatic carbocycles. The second-order valence-electron chi connectivity index (χ2n) is 5.35. The van der Waals surface area contributed by atoms with Crippen LogP contribution in [0, 0.1) is 0 Å². The van der Waals surface area contributed by atoms with Gasteiger partial charge in [0, 0.05) is 50.7 Å². The molecule has 1 aromatic heterocycles. The summed E-state index contributed by atoms with van der Waals surface area (Å²) in [5.74, 6) is 0.875. The van der Waals surface area contributed by atoms with Gasteiger partial charge in [-0.25, -0.2) is 9.97 Å². The molecule has 2 saturated heterocycles. The van der Waals surface area contributed by atoms with E-state index in [4.69, 9.17) is 4.74 Å². The Morgan fingerprint density at radius 2 is 2.00 bits per heavy atom. The molecule has 1 atom stereocenters. The molecule has 3 rings (SSSR count). The molecule has 0 aromatic carbocycles. The van der Waals surface area contributed by atoms with Crippen molar-refractivity contribution in [2.24, 2.45) is 0 Å². The summed E-state index contributed by atoms with van der Waals surface area (Å²) in [6.07, 6.45) is 9.15. The van der Waals surface area contributed by atoms with Gasteiger partial charge in [0.05, 0.1) is 6.10 Å². The second-order valence-corrected chi connectivity index (χ2v) is 5.35. The van der Waals surface area contributed by atoms with Gasteiger partial charge in [0.15, 0.2) is 0 Å². The Morgan fingerprint density at radius 1 is 1.21 bits per heavy atom. The summed E-state index contributed by atoms with van der Waals surface area (Å²) in [5.41, 5.74) is 1.14. The highest BCUT2D eigenvalue weighted by Gasteiger charge is 2.15. The molecule has 0 radical (unpaired) electrons. The third kappa shape index (κ3) is 3.42. The van der Waals surface area contributed by atoms with Crippen molar-refractivity contribution in [2.75, 3.05) is 31.1 Å². The normalized spacial score (nSPS) is 23.2. The van der Waals surface area contributed by atoms with Gasteiger partial charge in [-0.2, -0.15) is 0 Å². The fraction of sp³-hybridized carbons (Fsp3) is 0.714. The Morgan fingerprint density at radius 3 is 2.68 bits per heavy atom. The fourth-order valence-corrected chi connectivity index (χ4v) is 2.70. The molecule has 2 fully saturated rings. The predicted molar refractivity (Wildman–Crippen MR) is 74.2 cm³/mol. The van der Waals surface area contributed by atoms with Crippen LogP contribution in [-0.2, 0) is 11.3 Å². The molecule has 1 unspecified atom stereocenters. The van der Waals surface area contributed by atoms with Gasteiger partial charge in [-0.15, -0.1) is 0 Å². The molecule has 0 amide bonds. The molecule has 5 nitrogen and oxygen atoms in total. The van der Waals surface area contributed by atoms with E-state index >= 15 is 0 Å². The Kier molecular flexibility index (Phi) is 4.25. The van der Waals surface area contributed by atoms with Crippen LogP contribution >= 0.6 is 0 Å². The average Bonchev–Trinajstić information content (AvgIpc) is 3.13. The van der Waals surface area contributed by atoms with Crippen LogP contribution in [0.3, 0.4) is 0 Å². The van der Waals surface area contributed by atoms with Gasteiger partial charge in [0.2, 0.25) is 5.95 Å². The largest absolute Gasteiger partial charge is 0.377 e. The highest BCUT2D eigenvalue weighted by molar-refractivity contribution is 5.30. The lowest BCUT2D eigenvalue weighted by molar-refractivity contribution is 0.110. The van der Waals surface area contributed by atoms with Crippen LogP contribution in [0.1, 0.15) is 31.2 Å². The zero-order valence-corrected chi connectivity index (χ0v) is 11.3. The third-order valence-corrected chi connectivity index (χ3v) is 3.81. The van der Waals surface area contributed by atoms with Crippen molar-refractivity contribution in [3.05, 3.63) is 18.0 Å². The van der Waals surface area contributed by atoms with Crippen molar-refractivity contribution in [1.29, 1.82) is 0 Å². The van der Waals surface area contributed by atoms with E-state index < -0.39 is 0 Å². The highest BCUT2D eigenvalue weighted by atomic mass is 16.5. The summed E-state index contributed by atoms with van der Waals surface area (Å²) in [6.45, 7) is 4.85. The predicted octanol–water partition coefficient (Wildman–Crippen LogP) is 1.35. The summed E-state index contributed by atoms with van der Waals surface area (Å²) in [6, 6.07) is 0. The quantitative estimate of drug-likeness (QED) is 0.868. The van der Waals surface area contributed by atoms with Crippen molar-refractivity contribution in [3.8, 4) is 0 Å². The number of hydrogen-bond donors (Lipinski definition) is 1. The van der Waals surface area contributed by atoms with Gasteiger partial charge in [-0.3, -0.25) is 0 Å². The van der Waals surface area contributed by atoms with E-state index in [1.165, 1.54) is 25.7 Å². The molecule has 3 heterocycles. The molecule has 1 aromatic rings. The van der Waals surface area contributed by atoms with Crippen LogP contribution in [-0.4, -0.2) is 42.3 Å². The molecule has 2 aliphatic heterocycles. The Bertz CT molecular complexity index is 383. The van der Waals surface area contributed by atoms with Gasteiger partial charge < -0.3 is 15.0 Å². The second kappa shape index (κ2) is 6.30. The molecule has 1 N–H and O–H groups in total. The van der Waals surface area contributed by atoms with Crippen LogP contribution in [0.15, 0.2) is 12.4 Å². The monoisotopic (exact) mass is 262 g/mol. The maximum absolute atomic E-state index is 5.58. The maximum atomic E-state index is 5.58. The van der Waals surface area contributed by atoms with Gasteiger partial charge in [-0.1, -0.05) is 0 Å². The molecular weight excluding hydrogens is 240 g/mol. The number of nitrogens with zero attached hydrogens (tertiary/aromatic N) is 3. The van der Waals surface area contributed by atoms with E-state index in [0.29, 0.717) is 6.10 Å². The first-order valence-electron chi connectivity index (χ1n) is 7.30. The number of ether oxygens (including phenoxy) is 1. The molecular formula is C14H22N4O. The zero-order valence-electron chi connectivity index (χ0n) is 11.3. The van der Waals surface area contributed by atoms with Gasteiger partial charge in [0.1, 0.15) is 0 Å². The van der Waals surface area contributed by atoms with E-state index in [1.807, 2.05) is 12.4 Å². The minimum atomic E-state index is 0.393. The first-order valence-corrected chi connectivity index (χ1v) is 7.30. The number of aromatic nitrogens is 2. The van der Waals surface area contributed by atoms with Crippen LogP contribution in [0.5, 0.6) is 0 Å². The Balaban J connectivity index is 1.45. The topological polar surface area (TPSA) is 50.3 Å². The lowest BCUT2D eigenvalue weighted by Crippen LogP contribution is -2.26. The number of hydrogen-bond acceptors (Lipinski definition) is 5. The summed E-state index contributed by atoms with van der Waals surface area (Å²) < 4.78 is 5.58. The van der Waals surface area contributed by atoms with Crippen molar-refractivity contribution in [3.63, 3.8) is 0 Å². The minimum Gasteiger partial charge on any atom is -0.377 e. The van der Waals surface area contributed by atoms with E-state index in [9.17, 15) is 0 Å². The van der Waals surface area contributed by atoms with E-state index in [0.717, 1.165) is 44.3 Å². The smallest absolute Gasteiger partial charge is 0.225 e. The summed E-state index contributed by atoms with van der Waals surface area (Å²) in [4.78, 5) is 11.2. The molecule has 0 spiro atoms. The van der Waals surface area contributed by atoms with E-state index in [2.05, 4.69) is 20.2 Å². The first kappa shape index (κ1) is 12.8. The molecule has 2 aliphatic rings. The van der Waals surface area contributed by atoms with Gasteiger partial charge in [0.25, 0.3) is 0 Å². The summed E-state index contributed by atoms with van der Waals surface area (Å²) in [7, 11) is 0. The number of nitrogens with one attached hydrogen (secondary N) is 1. The van der Waals surface area contributed by atoms with E-state index in [-0.39, 0.29) is 0 Å². The standard InChI is InChI=1S/C14H22N4O/c1-2-6-18(5-1)14-16-9-12(10-17-14)8-15-11-13-4-3-7-19-13/h9-10,13,15H,1-8,11H2. The number of anilines is 1. The van der Waals surface area contributed by atoms with Gasteiger partial charge >= 0.3 is 0 Å². The lowest BCUT2D eigenvalue weighted by Gasteiger charge is -2.15. The lowest BCUT2D eigenvalue weighted by atomic mass is 10.2. The van der Waals surface area contributed by atoms with Crippen molar-refractivity contribution in [2.45, 2.75) is 38.3 Å². The molecule has 104 valence electrons. The third-order valence-electron chi connectivity index (χ3n) is 3.81. The van der Waals surface area contributed by atoms with Gasteiger partial charge in [-0.05, 0) is 25.7 Å². The Labute approximate surface area is 114 Å². The molecule has 19 heavy (non-hydrogen) atoms. The van der Waals surface area contributed by atoms with Crippen molar-refractivity contribution >= 4 is 5.95 Å². The minimum absolute atomic E-state index is 0.393. The highest BCUT2D eigenvalue weighted by Crippen LogP contribution is 2.15. The van der Waals surface area contributed by atoms with Crippen LogP contribution in [0.25, 0.3) is 0 Å². The maximum Gasteiger partial charge on any atom is 0.225 e. The van der Waals surface area contributed by atoms with Crippen LogP contribution < -0.4 is 10.2 Å². The summed E-state index contributed by atoms with van der Waals surface area (Å²) in [5, 5.41) is 3.41. The average molecular weight is 262 g/mol. The molecule has 0 bridgehead atoms.